The number of rotatable bonds is 8. The van der Waals surface area contributed by atoms with Gasteiger partial charge in [0, 0.05) is 29.5 Å². The fourth-order valence-electron chi connectivity index (χ4n) is 4.94. The first-order valence-electron chi connectivity index (χ1n) is 12.6. The van der Waals surface area contributed by atoms with E-state index in [1.165, 1.54) is 12.1 Å². The second kappa shape index (κ2) is 11.5. The normalized spacial score (nSPS) is 17.2. The summed E-state index contributed by atoms with van der Waals surface area (Å²) in [7, 11) is 0. The van der Waals surface area contributed by atoms with Crippen LogP contribution in [0.2, 0.25) is 0 Å². The maximum atomic E-state index is 14.1. The minimum Gasteiger partial charge on any atom is -0.481 e. The summed E-state index contributed by atoms with van der Waals surface area (Å²) in [6.07, 6.45) is -2.64. The van der Waals surface area contributed by atoms with Crippen LogP contribution in [-0.2, 0) is 11.0 Å². The second-order valence-electron chi connectivity index (χ2n) is 9.72. The SMILES string of the molecule is O=C(O)C[C@H]1CCCN(C[C@H](O)c2ccc(-c3noc(-c4cnn(-c5ccc(Br)cc5)c4C(F)(F)F)n3)cc2)C1. The molecule has 1 fully saturated rings. The Kier molecular flexibility index (Phi) is 8.06. The van der Waals surface area contributed by atoms with Gasteiger partial charge in [-0.15, -0.1) is 0 Å². The molecule has 0 aliphatic carbocycles. The first-order chi connectivity index (χ1) is 19.1. The van der Waals surface area contributed by atoms with Crippen molar-refractivity contribution < 1.29 is 32.7 Å². The molecule has 0 unspecified atom stereocenters. The van der Waals surface area contributed by atoms with Crippen molar-refractivity contribution in [3.8, 4) is 28.5 Å². The van der Waals surface area contributed by atoms with E-state index >= 15 is 0 Å². The Morgan fingerprint density at radius 2 is 1.88 bits per heavy atom. The van der Waals surface area contributed by atoms with Gasteiger partial charge in [-0.3, -0.25) is 4.79 Å². The quantitative estimate of drug-likeness (QED) is 0.262. The molecule has 5 rings (SSSR count). The number of β-amino-alcohol motifs (C(OH)–C–C–N with tert-alkyl or cyclic N) is 1. The number of likely N-dealkylation sites (tertiary alicyclic amines) is 1. The summed E-state index contributed by atoms with van der Waals surface area (Å²) in [6, 6.07) is 13.0. The van der Waals surface area contributed by atoms with E-state index in [2.05, 4.69) is 36.1 Å². The molecule has 1 saturated heterocycles. The average Bonchev–Trinajstić information content (AvgIpc) is 3.57. The van der Waals surface area contributed by atoms with Crippen molar-refractivity contribution >= 4 is 21.9 Å². The number of alkyl halides is 3. The Bertz CT molecular complexity index is 1470. The Morgan fingerprint density at radius 1 is 1.15 bits per heavy atom. The Hall–Kier alpha value is -3.55. The minimum absolute atomic E-state index is 0.0631. The molecule has 0 saturated carbocycles. The molecule has 13 heteroatoms. The summed E-state index contributed by atoms with van der Waals surface area (Å²) >= 11 is 3.27. The number of carboxylic acid groups (broad SMARTS) is 1. The lowest BCUT2D eigenvalue weighted by Crippen LogP contribution is -2.38. The fraction of sp³-hybridized carbons (Fsp3) is 0.333. The van der Waals surface area contributed by atoms with Crippen LogP contribution in [0.25, 0.3) is 28.5 Å². The van der Waals surface area contributed by atoms with E-state index in [0.717, 1.165) is 30.3 Å². The van der Waals surface area contributed by atoms with Crippen LogP contribution < -0.4 is 0 Å². The van der Waals surface area contributed by atoms with Gasteiger partial charge in [-0.2, -0.15) is 23.3 Å². The summed E-state index contributed by atoms with van der Waals surface area (Å²) < 4.78 is 48.9. The Balaban J connectivity index is 1.32. The molecule has 40 heavy (non-hydrogen) atoms. The van der Waals surface area contributed by atoms with Crippen molar-refractivity contribution in [2.75, 3.05) is 19.6 Å². The number of carbonyl (C=O) groups is 1. The van der Waals surface area contributed by atoms with Gasteiger partial charge in [0.2, 0.25) is 5.82 Å². The van der Waals surface area contributed by atoms with Gasteiger partial charge in [-0.1, -0.05) is 45.4 Å². The first-order valence-corrected chi connectivity index (χ1v) is 13.4. The highest BCUT2D eigenvalue weighted by molar-refractivity contribution is 9.10. The van der Waals surface area contributed by atoms with Crippen molar-refractivity contribution in [1.82, 2.24) is 24.8 Å². The zero-order valence-corrected chi connectivity index (χ0v) is 22.6. The predicted molar refractivity (Wildman–Crippen MR) is 141 cm³/mol. The largest absolute Gasteiger partial charge is 0.481 e. The lowest BCUT2D eigenvalue weighted by Gasteiger charge is -2.33. The Morgan fingerprint density at radius 3 is 2.55 bits per heavy atom. The molecule has 2 N–H and O–H groups in total. The zero-order chi connectivity index (χ0) is 28.4. The molecular formula is C27H25BrF3N5O4. The highest BCUT2D eigenvalue weighted by Gasteiger charge is 2.40. The molecule has 1 aliphatic heterocycles. The third-order valence-electron chi connectivity index (χ3n) is 6.82. The summed E-state index contributed by atoms with van der Waals surface area (Å²) in [4.78, 5) is 17.3. The molecule has 0 radical (unpaired) electrons. The van der Waals surface area contributed by atoms with Crippen LogP contribution in [-0.4, -0.2) is 60.6 Å². The van der Waals surface area contributed by atoms with E-state index in [-0.39, 0.29) is 35.3 Å². The fourth-order valence-corrected chi connectivity index (χ4v) is 5.21. The summed E-state index contributed by atoms with van der Waals surface area (Å²) in [6.45, 7) is 1.77. The molecule has 9 nitrogen and oxygen atoms in total. The van der Waals surface area contributed by atoms with Crippen molar-refractivity contribution in [1.29, 1.82) is 0 Å². The number of aliphatic hydroxyl groups is 1. The predicted octanol–water partition coefficient (Wildman–Crippen LogP) is 5.59. The number of hydrogen-bond acceptors (Lipinski definition) is 7. The van der Waals surface area contributed by atoms with Crippen molar-refractivity contribution in [2.45, 2.75) is 31.5 Å². The Labute approximate surface area is 235 Å². The van der Waals surface area contributed by atoms with E-state index in [1.807, 2.05) is 0 Å². The van der Waals surface area contributed by atoms with Crippen LogP contribution in [0.1, 0.15) is 36.6 Å². The number of carboxylic acids is 1. The lowest BCUT2D eigenvalue weighted by molar-refractivity contribution is -0.142. The van der Waals surface area contributed by atoms with Crippen molar-refractivity contribution in [2.24, 2.45) is 5.92 Å². The van der Waals surface area contributed by atoms with Crippen LogP contribution in [0.5, 0.6) is 0 Å². The molecule has 0 spiro atoms. The number of aromatic nitrogens is 4. The first kappa shape index (κ1) is 28.0. The van der Waals surface area contributed by atoms with Crippen molar-refractivity contribution in [3.63, 3.8) is 0 Å². The molecule has 0 bridgehead atoms. The van der Waals surface area contributed by atoms with Crippen LogP contribution >= 0.6 is 15.9 Å². The topological polar surface area (TPSA) is 118 Å². The van der Waals surface area contributed by atoms with Gasteiger partial charge in [0.25, 0.3) is 5.89 Å². The summed E-state index contributed by atoms with van der Waals surface area (Å²) in [5, 5.41) is 27.6. The minimum atomic E-state index is -4.74. The molecule has 2 atom stereocenters. The number of aliphatic hydroxyl groups excluding tert-OH is 1. The van der Waals surface area contributed by atoms with Gasteiger partial charge in [-0.05, 0) is 55.1 Å². The molecule has 0 amide bonds. The van der Waals surface area contributed by atoms with Crippen LogP contribution in [0, 0.1) is 5.92 Å². The zero-order valence-electron chi connectivity index (χ0n) is 21.1. The van der Waals surface area contributed by atoms with Crippen molar-refractivity contribution in [3.05, 3.63) is 70.5 Å². The van der Waals surface area contributed by atoms with E-state index < -0.39 is 23.9 Å². The number of benzene rings is 2. The van der Waals surface area contributed by atoms with E-state index in [0.29, 0.717) is 28.7 Å². The number of nitrogens with zero attached hydrogens (tertiary/aromatic N) is 5. The maximum absolute atomic E-state index is 14.1. The van der Waals surface area contributed by atoms with Gasteiger partial charge in [-0.25, -0.2) is 4.68 Å². The van der Waals surface area contributed by atoms with Gasteiger partial charge >= 0.3 is 12.1 Å². The number of aliphatic carboxylic acids is 1. The number of piperidine rings is 1. The maximum Gasteiger partial charge on any atom is 0.434 e. The monoisotopic (exact) mass is 619 g/mol. The standard InChI is InChI=1S/C27H25BrF3N5O4/c28-19-7-9-20(10-8-19)36-24(27(29,30)31)21(13-32-36)26-33-25(34-40-26)18-5-3-17(4-6-18)22(37)15-35-11-1-2-16(14-35)12-23(38)39/h3-10,13,16,22,37H,1-2,11-12,14-15H2,(H,38,39)/t16-,22+/m1/s1. The molecular weight excluding hydrogens is 595 g/mol. The molecule has 4 aromatic rings. The van der Waals surface area contributed by atoms with E-state index in [1.54, 1.807) is 36.4 Å². The van der Waals surface area contributed by atoms with Gasteiger partial charge < -0.3 is 19.6 Å². The average molecular weight is 620 g/mol. The third kappa shape index (κ3) is 6.26. The lowest BCUT2D eigenvalue weighted by atomic mass is 9.94. The molecule has 210 valence electrons. The summed E-state index contributed by atoms with van der Waals surface area (Å²) in [5.74, 6) is -0.988. The third-order valence-corrected chi connectivity index (χ3v) is 7.35. The molecule has 2 aromatic carbocycles. The number of halogens is 4. The summed E-state index contributed by atoms with van der Waals surface area (Å²) in [5.41, 5.74) is -0.0179. The van der Waals surface area contributed by atoms with Crippen LogP contribution in [0.15, 0.2) is 63.7 Å². The smallest absolute Gasteiger partial charge is 0.434 e. The highest BCUT2D eigenvalue weighted by Crippen LogP contribution is 2.38. The number of hydrogen-bond donors (Lipinski definition) is 2. The van der Waals surface area contributed by atoms with E-state index in [4.69, 9.17) is 9.63 Å². The second-order valence-corrected chi connectivity index (χ2v) is 10.6. The molecule has 1 aliphatic rings. The highest BCUT2D eigenvalue weighted by atomic mass is 79.9. The van der Waals surface area contributed by atoms with Gasteiger partial charge in [0.15, 0.2) is 5.69 Å². The van der Waals surface area contributed by atoms with Gasteiger partial charge in [0.05, 0.1) is 23.6 Å². The van der Waals surface area contributed by atoms with E-state index in [9.17, 15) is 23.1 Å². The van der Waals surface area contributed by atoms with Crippen LogP contribution in [0.3, 0.4) is 0 Å². The molecule has 3 heterocycles. The van der Waals surface area contributed by atoms with Gasteiger partial charge in [0.1, 0.15) is 0 Å². The molecule has 2 aromatic heterocycles. The van der Waals surface area contributed by atoms with Crippen LogP contribution in [0.4, 0.5) is 13.2 Å².